The van der Waals surface area contributed by atoms with E-state index in [0.717, 1.165) is 0 Å². The Morgan fingerprint density at radius 1 is 1.44 bits per heavy atom. The predicted octanol–water partition coefficient (Wildman–Crippen LogP) is 0.207. The van der Waals surface area contributed by atoms with Crippen molar-refractivity contribution in [3.63, 3.8) is 0 Å². The molecule has 0 bridgehead atoms. The van der Waals surface area contributed by atoms with Crippen LogP contribution in [0.5, 0.6) is 0 Å². The minimum Gasteiger partial charge on any atom is -0.463 e. The summed E-state index contributed by atoms with van der Waals surface area (Å²) >= 11 is 0. The lowest BCUT2D eigenvalue weighted by Gasteiger charge is -2.20. The van der Waals surface area contributed by atoms with Crippen molar-refractivity contribution in [1.29, 1.82) is 0 Å². The van der Waals surface area contributed by atoms with E-state index in [2.05, 4.69) is 5.32 Å². The summed E-state index contributed by atoms with van der Waals surface area (Å²) in [4.78, 5) is 21.9. The van der Waals surface area contributed by atoms with Gasteiger partial charge in [-0.2, -0.15) is 0 Å². The van der Waals surface area contributed by atoms with Crippen molar-refractivity contribution in [3.8, 4) is 0 Å². The SMILES string of the molecule is CCOC(=O)/C=C/CNCC(C)(C)C(N)=O. The van der Waals surface area contributed by atoms with Crippen LogP contribution < -0.4 is 11.1 Å². The van der Waals surface area contributed by atoms with Gasteiger partial charge in [0.05, 0.1) is 12.0 Å². The van der Waals surface area contributed by atoms with Gasteiger partial charge in [0.25, 0.3) is 0 Å². The topological polar surface area (TPSA) is 81.4 Å². The van der Waals surface area contributed by atoms with Crippen molar-refractivity contribution in [2.75, 3.05) is 19.7 Å². The quantitative estimate of drug-likeness (QED) is 0.371. The maximum atomic E-state index is 11.0. The molecule has 0 aliphatic carbocycles. The van der Waals surface area contributed by atoms with Crippen molar-refractivity contribution in [2.24, 2.45) is 11.1 Å². The number of amides is 1. The number of esters is 1. The number of hydrogen-bond acceptors (Lipinski definition) is 4. The van der Waals surface area contributed by atoms with Crippen LogP contribution in [0.25, 0.3) is 0 Å². The number of primary amides is 1. The zero-order valence-corrected chi connectivity index (χ0v) is 10.1. The van der Waals surface area contributed by atoms with E-state index >= 15 is 0 Å². The summed E-state index contributed by atoms with van der Waals surface area (Å²) in [5.74, 6) is -0.715. The van der Waals surface area contributed by atoms with Gasteiger partial charge in [-0.25, -0.2) is 4.79 Å². The highest BCUT2D eigenvalue weighted by Crippen LogP contribution is 2.11. The molecule has 0 fully saturated rings. The van der Waals surface area contributed by atoms with E-state index in [4.69, 9.17) is 10.5 Å². The summed E-state index contributed by atoms with van der Waals surface area (Å²) in [6.07, 6.45) is 3.00. The first-order valence-corrected chi connectivity index (χ1v) is 5.24. The zero-order chi connectivity index (χ0) is 12.6. The number of nitrogens with one attached hydrogen (secondary N) is 1. The summed E-state index contributed by atoms with van der Waals surface area (Å²) < 4.78 is 4.70. The molecule has 5 nitrogen and oxygen atoms in total. The summed E-state index contributed by atoms with van der Waals surface area (Å²) in [6.45, 7) is 6.60. The number of ether oxygens (including phenoxy) is 1. The lowest BCUT2D eigenvalue weighted by molar-refractivity contribution is -0.137. The Balaban J connectivity index is 3.76. The lowest BCUT2D eigenvalue weighted by atomic mass is 9.93. The van der Waals surface area contributed by atoms with Gasteiger partial charge in [-0.3, -0.25) is 4.79 Å². The molecule has 0 spiro atoms. The number of carbonyl (C=O) groups is 2. The van der Waals surface area contributed by atoms with Crippen LogP contribution in [0, 0.1) is 5.41 Å². The van der Waals surface area contributed by atoms with Crippen LogP contribution in [0.1, 0.15) is 20.8 Å². The molecule has 0 saturated carbocycles. The first kappa shape index (κ1) is 14.6. The van der Waals surface area contributed by atoms with Gasteiger partial charge < -0.3 is 15.8 Å². The third kappa shape index (κ3) is 6.19. The minimum absolute atomic E-state index is 0.352. The third-order valence-electron chi connectivity index (χ3n) is 2.04. The normalized spacial score (nSPS) is 11.7. The smallest absolute Gasteiger partial charge is 0.330 e. The fourth-order valence-corrected chi connectivity index (χ4v) is 0.901. The fourth-order valence-electron chi connectivity index (χ4n) is 0.901. The van der Waals surface area contributed by atoms with E-state index in [0.29, 0.717) is 19.7 Å². The molecule has 0 aromatic rings. The predicted molar refractivity (Wildman–Crippen MR) is 61.6 cm³/mol. The molecule has 0 radical (unpaired) electrons. The Labute approximate surface area is 96.0 Å². The van der Waals surface area contributed by atoms with Crippen molar-refractivity contribution in [2.45, 2.75) is 20.8 Å². The average molecular weight is 228 g/mol. The van der Waals surface area contributed by atoms with E-state index in [1.165, 1.54) is 6.08 Å². The highest BCUT2D eigenvalue weighted by molar-refractivity contribution is 5.82. The van der Waals surface area contributed by atoms with Gasteiger partial charge in [0, 0.05) is 19.2 Å². The van der Waals surface area contributed by atoms with E-state index in [9.17, 15) is 9.59 Å². The van der Waals surface area contributed by atoms with E-state index in [-0.39, 0.29) is 11.9 Å². The second-order valence-electron chi connectivity index (χ2n) is 4.03. The summed E-state index contributed by atoms with van der Waals surface area (Å²) in [7, 11) is 0. The fraction of sp³-hybridized carbons (Fsp3) is 0.636. The van der Waals surface area contributed by atoms with E-state index < -0.39 is 5.41 Å². The number of hydrogen-bond donors (Lipinski definition) is 2. The molecule has 1 amide bonds. The maximum absolute atomic E-state index is 11.0. The molecule has 3 N–H and O–H groups in total. The van der Waals surface area contributed by atoms with Crippen molar-refractivity contribution >= 4 is 11.9 Å². The first-order valence-electron chi connectivity index (χ1n) is 5.24. The van der Waals surface area contributed by atoms with Crippen LogP contribution in [0.4, 0.5) is 0 Å². The lowest BCUT2D eigenvalue weighted by Crippen LogP contribution is -2.40. The molecule has 0 saturated heterocycles. The standard InChI is InChI=1S/C11H20N2O3/c1-4-16-9(14)6-5-7-13-8-11(2,3)10(12)15/h5-6,13H,4,7-8H2,1-3H3,(H2,12,15)/b6-5+. The largest absolute Gasteiger partial charge is 0.463 e. The third-order valence-corrected chi connectivity index (χ3v) is 2.04. The molecule has 0 aromatic heterocycles. The van der Waals surface area contributed by atoms with Crippen molar-refractivity contribution in [1.82, 2.24) is 5.32 Å². The Morgan fingerprint density at radius 3 is 2.56 bits per heavy atom. The number of carbonyl (C=O) groups excluding carboxylic acids is 2. The summed E-state index contributed by atoms with van der Waals surface area (Å²) in [5.41, 5.74) is 4.62. The highest BCUT2D eigenvalue weighted by atomic mass is 16.5. The van der Waals surface area contributed by atoms with Crippen LogP contribution in [-0.4, -0.2) is 31.6 Å². The van der Waals surface area contributed by atoms with Gasteiger partial charge in [0.15, 0.2) is 0 Å². The zero-order valence-electron chi connectivity index (χ0n) is 10.1. The number of nitrogens with two attached hydrogens (primary N) is 1. The molecule has 0 atom stereocenters. The Morgan fingerprint density at radius 2 is 2.06 bits per heavy atom. The van der Waals surface area contributed by atoms with Gasteiger partial charge in [-0.05, 0) is 20.8 Å². The Hall–Kier alpha value is -1.36. The highest BCUT2D eigenvalue weighted by Gasteiger charge is 2.23. The van der Waals surface area contributed by atoms with Crippen LogP contribution >= 0.6 is 0 Å². The molecule has 0 heterocycles. The first-order chi connectivity index (χ1) is 7.40. The second-order valence-corrected chi connectivity index (χ2v) is 4.03. The number of rotatable bonds is 7. The van der Waals surface area contributed by atoms with Gasteiger partial charge in [-0.15, -0.1) is 0 Å². The summed E-state index contributed by atoms with van der Waals surface area (Å²) in [5, 5.41) is 3.01. The Bertz CT molecular complexity index is 272. The van der Waals surface area contributed by atoms with Crippen LogP contribution in [0.2, 0.25) is 0 Å². The van der Waals surface area contributed by atoms with Gasteiger partial charge in [-0.1, -0.05) is 6.08 Å². The molecular formula is C11H20N2O3. The maximum Gasteiger partial charge on any atom is 0.330 e. The Kier molecular flexibility index (Phi) is 6.41. The molecule has 0 aromatic carbocycles. The van der Waals surface area contributed by atoms with E-state index in [1.807, 2.05) is 0 Å². The van der Waals surface area contributed by atoms with Gasteiger partial charge in [0.1, 0.15) is 0 Å². The molecule has 92 valence electrons. The molecule has 16 heavy (non-hydrogen) atoms. The van der Waals surface area contributed by atoms with Gasteiger partial charge >= 0.3 is 5.97 Å². The van der Waals surface area contributed by atoms with Crippen molar-refractivity contribution in [3.05, 3.63) is 12.2 Å². The molecule has 0 aliphatic rings. The molecule has 0 unspecified atom stereocenters. The van der Waals surface area contributed by atoms with Crippen LogP contribution in [0.3, 0.4) is 0 Å². The van der Waals surface area contributed by atoms with E-state index in [1.54, 1.807) is 26.8 Å². The minimum atomic E-state index is -0.586. The summed E-state index contributed by atoms with van der Waals surface area (Å²) in [6, 6.07) is 0. The molecular weight excluding hydrogens is 208 g/mol. The monoisotopic (exact) mass is 228 g/mol. The second kappa shape index (κ2) is 7.00. The van der Waals surface area contributed by atoms with Crippen LogP contribution in [-0.2, 0) is 14.3 Å². The molecule has 5 heteroatoms. The average Bonchev–Trinajstić information content (AvgIpc) is 2.17. The molecule has 0 aliphatic heterocycles. The molecule has 0 rings (SSSR count). The van der Waals surface area contributed by atoms with Crippen LogP contribution in [0.15, 0.2) is 12.2 Å². The van der Waals surface area contributed by atoms with Gasteiger partial charge in [0.2, 0.25) is 5.91 Å². The van der Waals surface area contributed by atoms with Crippen molar-refractivity contribution < 1.29 is 14.3 Å².